The van der Waals surface area contributed by atoms with Crippen LogP contribution in [-0.4, -0.2) is 16.7 Å². The molecule has 0 unspecified atom stereocenters. The van der Waals surface area contributed by atoms with Crippen LogP contribution in [0.2, 0.25) is 0 Å². The van der Waals surface area contributed by atoms with Crippen LogP contribution < -0.4 is 4.74 Å². The molecule has 1 heterocycles. The number of rotatable bonds is 2. The molecule has 0 aliphatic rings. The quantitative estimate of drug-likeness (QED) is 0.841. The monoisotopic (exact) mass is 269 g/mol. The van der Waals surface area contributed by atoms with Crippen molar-refractivity contribution in [2.45, 2.75) is 27.7 Å². The van der Waals surface area contributed by atoms with E-state index in [1.165, 1.54) is 0 Å². The molecule has 0 amide bonds. The van der Waals surface area contributed by atoms with Gasteiger partial charge in [0.05, 0.1) is 7.11 Å². The fourth-order valence-corrected chi connectivity index (χ4v) is 2.53. The molecule has 0 spiro atoms. The van der Waals surface area contributed by atoms with Crippen LogP contribution in [0.3, 0.4) is 0 Å². The van der Waals surface area contributed by atoms with Crippen LogP contribution in [0.1, 0.15) is 28.2 Å². The third-order valence-corrected chi connectivity index (χ3v) is 3.93. The molecule has 1 aromatic heterocycles. The smallest absolute Gasteiger partial charge is 0.147 e. The number of nitriles is 1. The number of methoxy groups -OCH3 is 1. The van der Waals surface area contributed by atoms with E-state index in [0.717, 1.165) is 39.5 Å². The van der Waals surface area contributed by atoms with Gasteiger partial charge in [-0.05, 0) is 50.5 Å². The Hall–Kier alpha value is -2.28. The maximum atomic E-state index is 9.39. The standard InChI is InChI=1S/C16H19N3O/c1-9-7-14(20-6)10(2)11(3)15(9)16-13(8-17)19(5)12(4)18-16/h7H,1-6H3. The summed E-state index contributed by atoms with van der Waals surface area (Å²) in [7, 11) is 3.54. The van der Waals surface area contributed by atoms with Crippen molar-refractivity contribution in [3.8, 4) is 23.1 Å². The Balaban J connectivity index is 2.81. The van der Waals surface area contributed by atoms with Crippen LogP contribution in [0.15, 0.2) is 6.07 Å². The molecule has 20 heavy (non-hydrogen) atoms. The summed E-state index contributed by atoms with van der Waals surface area (Å²) in [6.07, 6.45) is 0. The lowest BCUT2D eigenvalue weighted by molar-refractivity contribution is 0.411. The fourth-order valence-electron chi connectivity index (χ4n) is 2.53. The predicted molar refractivity (Wildman–Crippen MR) is 78.9 cm³/mol. The molecule has 4 nitrogen and oxygen atoms in total. The van der Waals surface area contributed by atoms with Crippen LogP contribution >= 0.6 is 0 Å². The first-order chi connectivity index (χ1) is 9.42. The highest BCUT2D eigenvalue weighted by atomic mass is 16.5. The number of hydrogen-bond donors (Lipinski definition) is 0. The summed E-state index contributed by atoms with van der Waals surface area (Å²) in [6.45, 7) is 8.01. The van der Waals surface area contributed by atoms with E-state index < -0.39 is 0 Å². The maximum absolute atomic E-state index is 9.39. The molecule has 2 rings (SSSR count). The highest BCUT2D eigenvalue weighted by molar-refractivity contribution is 5.74. The SMILES string of the molecule is COc1cc(C)c(-c2nc(C)n(C)c2C#N)c(C)c1C. The molecule has 0 saturated heterocycles. The van der Waals surface area contributed by atoms with Crippen molar-refractivity contribution >= 4 is 0 Å². The summed E-state index contributed by atoms with van der Waals surface area (Å²) in [5.74, 6) is 1.71. The van der Waals surface area contributed by atoms with Gasteiger partial charge in [-0.25, -0.2) is 4.98 Å². The topological polar surface area (TPSA) is 50.8 Å². The summed E-state index contributed by atoms with van der Waals surface area (Å²) in [5.41, 5.74) is 5.64. The van der Waals surface area contributed by atoms with E-state index >= 15 is 0 Å². The van der Waals surface area contributed by atoms with Gasteiger partial charge in [-0.3, -0.25) is 0 Å². The van der Waals surface area contributed by atoms with Crippen molar-refractivity contribution in [3.63, 3.8) is 0 Å². The van der Waals surface area contributed by atoms with Gasteiger partial charge in [0.25, 0.3) is 0 Å². The third-order valence-electron chi connectivity index (χ3n) is 3.93. The van der Waals surface area contributed by atoms with Crippen LogP contribution in [0.5, 0.6) is 5.75 Å². The van der Waals surface area contributed by atoms with Crippen molar-refractivity contribution in [3.05, 3.63) is 34.3 Å². The lowest BCUT2D eigenvalue weighted by Crippen LogP contribution is -1.99. The molecule has 0 fully saturated rings. The number of hydrogen-bond acceptors (Lipinski definition) is 3. The van der Waals surface area contributed by atoms with Crippen molar-refractivity contribution in [2.75, 3.05) is 7.11 Å². The zero-order valence-corrected chi connectivity index (χ0v) is 12.8. The van der Waals surface area contributed by atoms with Crippen LogP contribution in [0.25, 0.3) is 11.3 Å². The number of ether oxygens (including phenoxy) is 1. The summed E-state index contributed by atoms with van der Waals surface area (Å²) in [4.78, 5) is 4.57. The Labute approximate surface area is 119 Å². The van der Waals surface area contributed by atoms with Gasteiger partial charge in [0, 0.05) is 12.6 Å². The zero-order valence-electron chi connectivity index (χ0n) is 12.8. The Morgan fingerprint density at radius 3 is 2.40 bits per heavy atom. The first-order valence-electron chi connectivity index (χ1n) is 6.50. The molecule has 0 N–H and O–H groups in total. The molecular formula is C16H19N3O. The zero-order chi connectivity index (χ0) is 15.0. The second kappa shape index (κ2) is 5.01. The molecule has 0 radical (unpaired) electrons. The van der Waals surface area contributed by atoms with Crippen molar-refractivity contribution in [1.29, 1.82) is 5.26 Å². The van der Waals surface area contributed by atoms with Crippen LogP contribution in [-0.2, 0) is 7.05 Å². The molecule has 0 atom stereocenters. The Morgan fingerprint density at radius 2 is 1.85 bits per heavy atom. The van der Waals surface area contributed by atoms with Gasteiger partial charge in [0.15, 0.2) is 0 Å². The largest absolute Gasteiger partial charge is 0.496 e. The van der Waals surface area contributed by atoms with Gasteiger partial charge >= 0.3 is 0 Å². The van der Waals surface area contributed by atoms with Crippen molar-refractivity contribution < 1.29 is 4.74 Å². The average molecular weight is 269 g/mol. The van der Waals surface area contributed by atoms with Crippen molar-refractivity contribution in [1.82, 2.24) is 9.55 Å². The predicted octanol–water partition coefficient (Wildman–Crippen LogP) is 3.20. The second-order valence-corrected chi connectivity index (χ2v) is 5.05. The summed E-state index contributed by atoms with van der Waals surface area (Å²) in [6, 6.07) is 4.26. The van der Waals surface area contributed by atoms with E-state index in [1.807, 2.05) is 45.4 Å². The Bertz CT molecular complexity index is 721. The average Bonchev–Trinajstić information content (AvgIpc) is 2.69. The highest BCUT2D eigenvalue weighted by Crippen LogP contribution is 2.35. The van der Waals surface area contributed by atoms with Gasteiger partial charge in [-0.1, -0.05) is 0 Å². The van der Waals surface area contributed by atoms with E-state index in [9.17, 15) is 5.26 Å². The lowest BCUT2D eigenvalue weighted by Gasteiger charge is -2.15. The summed E-state index contributed by atoms with van der Waals surface area (Å²) >= 11 is 0. The minimum absolute atomic E-state index is 0.596. The Morgan fingerprint density at radius 1 is 1.20 bits per heavy atom. The highest BCUT2D eigenvalue weighted by Gasteiger charge is 2.20. The van der Waals surface area contributed by atoms with E-state index in [1.54, 1.807) is 7.11 Å². The molecule has 0 aliphatic heterocycles. The number of imidazole rings is 1. The molecule has 0 saturated carbocycles. The van der Waals surface area contributed by atoms with Crippen LogP contribution in [0.4, 0.5) is 0 Å². The molecule has 0 aliphatic carbocycles. The number of nitrogens with zero attached hydrogens (tertiary/aromatic N) is 3. The Kier molecular flexibility index (Phi) is 3.54. The third kappa shape index (κ3) is 1.96. The first kappa shape index (κ1) is 14.1. The number of aromatic nitrogens is 2. The molecule has 104 valence electrons. The minimum atomic E-state index is 0.596. The van der Waals surface area contributed by atoms with E-state index in [4.69, 9.17) is 4.74 Å². The van der Waals surface area contributed by atoms with Crippen molar-refractivity contribution in [2.24, 2.45) is 7.05 Å². The van der Waals surface area contributed by atoms with E-state index in [-0.39, 0.29) is 0 Å². The number of benzene rings is 1. The maximum Gasteiger partial charge on any atom is 0.147 e. The van der Waals surface area contributed by atoms with Gasteiger partial charge in [-0.15, -0.1) is 0 Å². The fraction of sp³-hybridized carbons (Fsp3) is 0.375. The van der Waals surface area contributed by atoms with E-state index in [0.29, 0.717) is 5.69 Å². The van der Waals surface area contributed by atoms with Gasteiger partial charge in [0.1, 0.15) is 29.0 Å². The number of aryl methyl sites for hydroxylation is 2. The van der Waals surface area contributed by atoms with Crippen LogP contribution in [0, 0.1) is 39.0 Å². The second-order valence-electron chi connectivity index (χ2n) is 5.05. The molecule has 2 aromatic rings. The first-order valence-corrected chi connectivity index (χ1v) is 6.50. The summed E-state index contributed by atoms with van der Waals surface area (Å²) < 4.78 is 7.22. The normalized spacial score (nSPS) is 10.4. The molecule has 1 aromatic carbocycles. The minimum Gasteiger partial charge on any atom is -0.496 e. The molecular weight excluding hydrogens is 250 g/mol. The summed E-state index contributed by atoms with van der Waals surface area (Å²) in [5, 5.41) is 9.39. The lowest BCUT2D eigenvalue weighted by atomic mass is 9.94. The van der Waals surface area contributed by atoms with Gasteiger partial charge < -0.3 is 9.30 Å². The van der Waals surface area contributed by atoms with Gasteiger partial charge in [-0.2, -0.15) is 5.26 Å². The molecule has 0 bridgehead atoms. The van der Waals surface area contributed by atoms with Gasteiger partial charge in [0.2, 0.25) is 0 Å². The molecule has 4 heteroatoms. The van der Waals surface area contributed by atoms with E-state index in [2.05, 4.69) is 11.1 Å².